The van der Waals surface area contributed by atoms with Crippen molar-refractivity contribution in [3.8, 4) is 11.8 Å². The van der Waals surface area contributed by atoms with E-state index >= 15 is 0 Å². The number of carbonyl (C=O) groups excluding carboxylic acids is 2. The number of nitriles is 1. The molecule has 0 aliphatic heterocycles. The van der Waals surface area contributed by atoms with Crippen LogP contribution in [-0.2, 0) is 16.0 Å². The molecule has 0 saturated heterocycles. The normalized spacial score (nSPS) is 12.4. The number of benzene rings is 2. The van der Waals surface area contributed by atoms with Crippen LogP contribution in [0.1, 0.15) is 29.2 Å². The summed E-state index contributed by atoms with van der Waals surface area (Å²) in [6, 6.07) is 21.8. The van der Waals surface area contributed by atoms with Gasteiger partial charge in [-0.3, -0.25) is 9.59 Å². The first-order valence-electron chi connectivity index (χ1n) is 11.8. The minimum absolute atomic E-state index is 0.237. The first kappa shape index (κ1) is 26.5. The van der Waals surface area contributed by atoms with Crippen LogP contribution in [0.3, 0.4) is 0 Å². The molecule has 3 rings (SSSR count). The van der Waals surface area contributed by atoms with Crippen LogP contribution >= 0.6 is 0 Å². The number of ether oxygens (including phenoxy) is 1. The summed E-state index contributed by atoms with van der Waals surface area (Å²) in [5.74, 6) is 0.612. The number of rotatable bonds is 13. The van der Waals surface area contributed by atoms with Crippen molar-refractivity contribution in [2.75, 3.05) is 32.5 Å². The van der Waals surface area contributed by atoms with Gasteiger partial charge in [0.15, 0.2) is 12.4 Å². The summed E-state index contributed by atoms with van der Waals surface area (Å²) in [7, 11) is 3.87. The number of hydrogen-bond acceptors (Lipinski definition) is 7. The maximum absolute atomic E-state index is 13.2. The Balaban J connectivity index is 1.61. The highest BCUT2D eigenvalue weighted by molar-refractivity contribution is 5.94. The van der Waals surface area contributed by atoms with Crippen molar-refractivity contribution in [3.63, 3.8) is 0 Å². The summed E-state index contributed by atoms with van der Waals surface area (Å²) >= 11 is 0. The molecule has 1 amide bonds. The van der Waals surface area contributed by atoms with E-state index in [-0.39, 0.29) is 5.91 Å². The number of hydrogen-bond donors (Lipinski definition) is 2. The van der Waals surface area contributed by atoms with E-state index in [0.29, 0.717) is 36.5 Å². The summed E-state index contributed by atoms with van der Waals surface area (Å²) in [5.41, 5.74) is 2.53. The molecule has 1 aromatic heterocycles. The highest BCUT2D eigenvalue weighted by Crippen LogP contribution is 2.18. The van der Waals surface area contributed by atoms with Crippen molar-refractivity contribution in [1.29, 1.82) is 5.26 Å². The topological polar surface area (TPSA) is 107 Å². The zero-order chi connectivity index (χ0) is 25.8. The predicted molar refractivity (Wildman–Crippen MR) is 139 cm³/mol. The van der Waals surface area contributed by atoms with Crippen molar-refractivity contribution in [2.45, 2.75) is 25.0 Å². The van der Waals surface area contributed by atoms with Gasteiger partial charge in [-0.05, 0) is 55.9 Å². The van der Waals surface area contributed by atoms with Crippen LogP contribution < -0.4 is 15.4 Å². The molecule has 0 aliphatic rings. The van der Waals surface area contributed by atoms with Crippen molar-refractivity contribution >= 4 is 18.0 Å². The van der Waals surface area contributed by atoms with Gasteiger partial charge in [0, 0.05) is 19.5 Å². The molecular formula is C28H31N5O3. The van der Waals surface area contributed by atoms with Gasteiger partial charge < -0.3 is 20.3 Å². The van der Waals surface area contributed by atoms with E-state index in [2.05, 4.69) is 21.7 Å². The van der Waals surface area contributed by atoms with E-state index in [0.717, 1.165) is 24.0 Å². The van der Waals surface area contributed by atoms with E-state index in [1.807, 2.05) is 61.5 Å². The van der Waals surface area contributed by atoms with Gasteiger partial charge in [-0.25, -0.2) is 4.98 Å². The Morgan fingerprint density at radius 3 is 2.47 bits per heavy atom. The Bertz CT molecular complexity index is 1140. The largest absolute Gasteiger partial charge is 0.481 e. The third-order valence-corrected chi connectivity index (χ3v) is 5.53. The highest BCUT2D eigenvalue weighted by atomic mass is 16.5. The molecule has 2 N–H and O–H groups in total. The fourth-order valence-corrected chi connectivity index (χ4v) is 3.55. The van der Waals surface area contributed by atoms with Gasteiger partial charge in [0.05, 0.1) is 17.8 Å². The standard InChI is InChI=1S/C28H31N5O3/c1-33(2)17-15-25(20-34)36-24-12-13-26(31-19-24)32-28(35)27(23-6-4-3-5-7-23)30-16-14-21-8-10-22(18-29)11-9-21/h3-13,19-20,25,27,30H,14-17H2,1-2H3,(H,31,32,35). The van der Waals surface area contributed by atoms with Crippen LogP contribution in [0.2, 0.25) is 0 Å². The van der Waals surface area contributed by atoms with Crippen LogP contribution in [0.4, 0.5) is 5.82 Å². The molecule has 0 radical (unpaired) electrons. The van der Waals surface area contributed by atoms with Gasteiger partial charge in [-0.15, -0.1) is 0 Å². The van der Waals surface area contributed by atoms with Crippen LogP contribution in [0.15, 0.2) is 72.9 Å². The molecule has 0 fully saturated rings. The Hall–Kier alpha value is -4.06. The third kappa shape index (κ3) is 8.31. The third-order valence-electron chi connectivity index (χ3n) is 5.53. The van der Waals surface area contributed by atoms with E-state index < -0.39 is 12.1 Å². The van der Waals surface area contributed by atoms with Crippen LogP contribution in [0, 0.1) is 11.3 Å². The Morgan fingerprint density at radius 1 is 1.11 bits per heavy atom. The number of pyridine rings is 1. The van der Waals surface area contributed by atoms with Crippen molar-refractivity contribution in [2.24, 2.45) is 0 Å². The number of aldehydes is 1. The number of nitrogens with one attached hydrogen (secondary N) is 2. The quantitative estimate of drug-likeness (QED) is 0.358. The monoisotopic (exact) mass is 485 g/mol. The van der Waals surface area contributed by atoms with E-state index in [1.54, 1.807) is 24.3 Å². The molecule has 0 bridgehead atoms. The summed E-state index contributed by atoms with van der Waals surface area (Å²) in [6.45, 7) is 1.29. The molecular weight excluding hydrogens is 454 g/mol. The molecule has 3 aromatic rings. The van der Waals surface area contributed by atoms with Crippen molar-refractivity contribution < 1.29 is 14.3 Å². The van der Waals surface area contributed by atoms with E-state index in [1.165, 1.54) is 6.20 Å². The molecule has 186 valence electrons. The van der Waals surface area contributed by atoms with E-state index in [4.69, 9.17) is 10.00 Å². The number of aromatic nitrogens is 1. The van der Waals surface area contributed by atoms with Crippen molar-refractivity contribution in [1.82, 2.24) is 15.2 Å². The fraction of sp³-hybridized carbons (Fsp3) is 0.286. The second kappa shape index (κ2) is 13.7. The molecule has 2 aromatic carbocycles. The smallest absolute Gasteiger partial charge is 0.247 e. The average Bonchev–Trinajstić information content (AvgIpc) is 2.90. The number of anilines is 1. The van der Waals surface area contributed by atoms with Crippen LogP contribution in [0.25, 0.3) is 0 Å². The zero-order valence-corrected chi connectivity index (χ0v) is 20.6. The van der Waals surface area contributed by atoms with Crippen LogP contribution in [0.5, 0.6) is 5.75 Å². The first-order chi connectivity index (χ1) is 17.5. The lowest BCUT2D eigenvalue weighted by Crippen LogP contribution is -2.34. The minimum atomic E-state index is -0.576. The van der Waals surface area contributed by atoms with Gasteiger partial charge in [0.25, 0.3) is 0 Å². The molecule has 8 nitrogen and oxygen atoms in total. The number of nitrogens with zero attached hydrogens (tertiary/aromatic N) is 3. The molecule has 0 aliphatic carbocycles. The van der Waals surface area contributed by atoms with Gasteiger partial charge in [-0.1, -0.05) is 42.5 Å². The second-order valence-corrected chi connectivity index (χ2v) is 8.61. The van der Waals surface area contributed by atoms with E-state index in [9.17, 15) is 9.59 Å². The lowest BCUT2D eigenvalue weighted by atomic mass is 10.1. The Morgan fingerprint density at radius 2 is 1.86 bits per heavy atom. The SMILES string of the molecule is CN(C)CCC(C=O)Oc1ccc(NC(=O)C(NCCc2ccc(C#N)cc2)c2ccccc2)nc1. The van der Waals surface area contributed by atoms with Gasteiger partial charge in [0.2, 0.25) is 5.91 Å². The molecule has 0 saturated carbocycles. The Kier molecular flexibility index (Phi) is 10.1. The summed E-state index contributed by atoms with van der Waals surface area (Å²) in [6.07, 6.45) is 3.00. The average molecular weight is 486 g/mol. The molecule has 1 heterocycles. The van der Waals surface area contributed by atoms with Crippen LogP contribution in [-0.4, -0.2) is 55.4 Å². The maximum atomic E-state index is 13.2. The summed E-state index contributed by atoms with van der Waals surface area (Å²) in [4.78, 5) is 30.7. The zero-order valence-electron chi connectivity index (χ0n) is 20.6. The minimum Gasteiger partial charge on any atom is -0.481 e. The molecule has 8 heteroatoms. The Labute approximate surface area is 211 Å². The maximum Gasteiger partial charge on any atom is 0.247 e. The van der Waals surface area contributed by atoms with Gasteiger partial charge >= 0.3 is 0 Å². The molecule has 36 heavy (non-hydrogen) atoms. The van der Waals surface area contributed by atoms with Crippen molar-refractivity contribution in [3.05, 3.63) is 89.6 Å². The molecule has 2 unspecified atom stereocenters. The molecule has 0 spiro atoms. The fourth-order valence-electron chi connectivity index (χ4n) is 3.55. The number of carbonyl (C=O) groups is 2. The number of amides is 1. The predicted octanol–water partition coefficient (Wildman–Crippen LogP) is 3.36. The lowest BCUT2D eigenvalue weighted by Gasteiger charge is -2.19. The molecule has 2 atom stereocenters. The lowest BCUT2D eigenvalue weighted by molar-refractivity contribution is -0.118. The van der Waals surface area contributed by atoms with Gasteiger partial charge in [0.1, 0.15) is 17.6 Å². The highest BCUT2D eigenvalue weighted by Gasteiger charge is 2.20. The summed E-state index contributed by atoms with van der Waals surface area (Å²) in [5, 5.41) is 15.1. The van der Waals surface area contributed by atoms with Gasteiger partial charge in [-0.2, -0.15) is 5.26 Å². The first-order valence-corrected chi connectivity index (χ1v) is 11.8. The summed E-state index contributed by atoms with van der Waals surface area (Å²) < 4.78 is 5.70. The second-order valence-electron chi connectivity index (χ2n) is 8.61.